The molecule has 6 heteroatoms. The molecule has 0 amide bonds. The molecule has 4 nitrogen and oxygen atoms in total. The molecule has 2 aliphatic heterocycles. The highest BCUT2D eigenvalue weighted by Crippen LogP contribution is 2.39. The first-order valence-corrected chi connectivity index (χ1v) is 8.69. The molecule has 2 aliphatic rings. The molecule has 0 aromatic heterocycles. The zero-order valence-electron chi connectivity index (χ0n) is 10.4. The molecule has 104 valence electrons. The van der Waals surface area contributed by atoms with Crippen LogP contribution in [-0.4, -0.2) is 36.0 Å². The van der Waals surface area contributed by atoms with Gasteiger partial charge in [0.2, 0.25) is 10.0 Å². The highest BCUT2D eigenvalue weighted by atomic mass is 79.9. The van der Waals surface area contributed by atoms with Gasteiger partial charge in [-0.25, -0.2) is 8.42 Å². The predicted octanol–water partition coefficient (Wildman–Crippen LogP) is 2.13. The topological polar surface area (TPSA) is 57.6 Å². The predicted molar refractivity (Wildman–Crippen MR) is 75.2 cm³/mol. The zero-order chi connectivity index (χ0) is 13.6. The molecule has 0 aliphatic carbocycles. The van der Waals surface area contributed by atoms with E-state index in [0.29, 0.717) is 17.7 Å². The fraction of sp³-hybridized carbons (Fsp3) is 0.538. The van der Waals surface area contributed by atoms with Gasteiger partial charge in [0.15, 0.2) is 0 Å². The Hall–Kier alpha value is -0.430. The van der Waals surface area contributed by atoms with Crippen LogP contribution in [0.25, 0.3) is 0 Å². The molecular weight excluding hydrogens is 330 g/mol. The number of piperidine rings is 1. The fourth-order valence-corrected chi connectivity index (χ4v) is 5.74. The largest absolute Gasteiger partial charge is 0.393 e. The Morgan fingerprint density at radius 3 is 2.42 bits per heavy atom. The van der Waals surface area contributed by atoms with E-state index in [1.165, 1.54) is 0 Å². The summed E-state index contributed by atoms with van der Waals surface area (Å²) in [5, 5.41) is 9.76. The van der Waals surface area contributed by atoms with Crippen LogP contribution < -0.4 is 0 Å². The van der Waals surface area contributed by atoms with Crippen molar-refractivity contribution in [2.75, 3.05) is 0 Å². The first-order valence-electron chi connectivity index (χ1n) is 6.45. The number of hydrogen-bond acceptors (Lipinski definition) is 3. The number of sulfonamides is 1. The second-order valence-electron chi connectivity index (χ2n) is 5.30. The van der Waals surface area contributed by atoms with Gasteiger partial charge in [-0.2, -0.15) is 4.31 Å². The van der Waals surface area contributed by atoms with E-state index in [9.17, 15) is 13.5 Å². The summed E-state index contributed by atoms with van der Waals surface area (Å²) < 4.78 is 27.8. The SMILES string of the molecule is O=S(=O)(c1cccc(Br)c1)N1C2CCC1CC(O)C2. The fourth-order valence-electron chi connectivity index (χ4n) is 3.25. The molecule has 0 radical (unpaired) electrons. The molecule has 1 N–H and O–H groups in total. The van der Waals surface area contributed by atoms with Crippen molar-refractivity contribution in [2.24, 2.45) is 0 Å². The van der Waals surface area contributed by atoms with Crippen molar-refractivity contribution in [1.82, 2.24) is 4.31 Å². The number of hydrogen-bond donors (Lipinski definition) is 1. The summed E-state index contributed by atoms with van der Waals surface area (Å²) in [4.78, 5) is 0.329. The van der Waals surface area contributed by atoms with Gasteiger partial charge < -0.3 is 5.11 Å². The number of benzene rings is 1. The number of fused-ring (bicyclic) bond motifs is 2. The lowest BCUT2D eigenvalue weighted by atomic mass is 10.0. The Labute approximate surface area is 121 Å². The molecule has 1 aromatic carbocycles. The van der Waals surface area contributed by atoms with Crippen molar-refractivity contribution >= 4 is 26.0 Å². The standard InChI is InChI=1S/C13H16BrNO3S/c14-9-2-1-3-13(6-9)19(17,18)15-10-4-5-11(15)8-12(16)7-10/h1-3,6,10-12,16H,4-5,7-8H2. The highest BCUT2D eigenvalue weighted by Gasteiger charge is 2.46. The van der Waals surface area contributed by atoms with Gasteiger partial charge in [-0.15, -0.1) is 0 Å². The Balaban J connectivity index is 1.98. The maximum absolute atomic E-state index is 12.7. The highest BCUT2D eigenvalue weighted by molar-refractivity contribution is 9.10. The van der Waals surface area contributed by atoms with Crippen LogP contribution in [0.2, 0.25) is 0 Å². The van der Waals surface area contributed by atoms with Gasteiger partial charge in [0.25, 0.3) is 0 Å². The summed E-state index contributed by atoms with van der Waals surface area (Å²) in [6.45, 7) is 0. The minimum absolute atomic E-state index is 0.0438. The van der Waals surface area contributed by atoms with Crippen molar-refractivity contribution in [3.63, 3.8) is 0 Å². The van der Waals surface area contributed by atoms with E-state index in [0.717, 1.165) is 17.3 Å². The van der Waals surface area contributed by atoms with E-state index >= 15 is 0 Å². The minimum Gasteiger partial charge on any atom is -0.393 e. The Morgan fingerprint density at radius 1 is 1.21 bits per heavy atom. The number of aliphatic hydroxyl groups excluding tert-OH is 1. The Kier molecular flexibility index (Phi) is 3.45. The Morgan fingerprint density at radius 2 is 1.84 bits per heavy atom. The average Bonchev–Trinajstić information content (AvgIpc) is 2.63. The quantitative estimate of drug-likeness (QED) is 0.893. The molecule has 2 atom stereocenters. The van der Waals surface area contributed by atoms with Crippen LogP contribution in [-0.2, 0) is 10.0 Å². The molecule has 2 unspecified atom stereocenters. The summed E-state index contributed by atoms with van der Waals surface area (Å²) >= 11 is 3.31. The number of halogens is 1. The van der Waals surface area contributed by atoms with E-state index in [2.05, 4.69) is 15.9 Å². The smallest absolute Gasteiger partial charge is 0.243 e. The van der Waals surface area contributed by atoms with Crippen molar-refractivity contribution in [2.45, 2.75) is 48.8 Å². The number of rotatable bonds is 2. The summed E-state index contributed by atoms with van der Waals surface area (Å²) in [5.74, 6) is 0. The Bertz CT molecular complexity index is 575. The summed E-state index contributed by atoms with van der Waals surface area (Å²) in [6, 6.07) is 6.73. The summed E-state index contributed by atoms with van der Waals surface area (Å²) in [7, 11) is -3.45. The van der Waals surface area contributed by atoms with E-state index in [4.69, 9.17) is 0 Å². The normalized spacial score (nSPS) is 31.6. The molecule has 1 aromatic rings. The molecule has 2 fully saturated rings. The lowest BCUT2D eigenvalue weighted by molar-refractivity contribution is 0.0769. The van der Waals surface area contributed by atoms with Gasteiger partial charge in [-0.05, 0) is 43.9 Å². The van der Waals surface area contributed by atoms with Gasteiger partial charge in [0.1, 0.15) is 0 Å². The van der Waals surface area contributed by atoms with Crippen LogP contribution in [0.3, 0.4) is 0 Å². The lowest BCUT2D eigenvalue weighted by Gasteiger charge is -2.36. The maximum Gasteiger partial charge on any atom is 0.243 e. The van der Waals surface area contributed by atoms with E-state index in [-0.39, 0.29) is 18.2 Å². The monoisotopic (exact) mass is 345 g/mol. The molecule has 0 spiro atoms. The molecular formula is C13H16BrNO3S. The number of nitrogens with zero attached hydrogens (tertiary/aromatic N) is 1. The van der Waals surface area contributed by atoms with Crippen LogP contribution in [0.4, 0.5) is 0 Å². The lowest BCUT2D eigenvalue weighted by Crippen LogP contribution is -2.47. The van der Waals surface area contributed by atoms with Crippen LogP contribution in [0, 0.1) is 0 Å². The first kappa shape index (κ1) is 13.5. The van der Waals surface area contributed by atoms with E-state index in [1.807, 2.05) is 6.07 Å². The molecule has 19 heavy (non-hydrogen) atoms. The molecule has 0 saturated carbocycles. The number of aliphatic hydroxyl groups is 1. The van der Waals surface area contributed by atoms with Gasteiger partial charge in [0, 0.05) is 16.6 Å². The second kappa shape index (κ2) is 4.84. The van der Waals surface area contributed by atoms with E-state index < -0.39 is 10.0 Å². The molecule has 3 rings (SSSR count). The molecule has 2 bridgehead atoms. The third-order valence-corrected chi connectivity index (χ3v) is 6.51. The van der Waals surface area contributed by atoms with Crippen molar-refractivity contribution < 1.29 is 13.5 Å². The van der Waals surface area contributed by atoms with Crippen molar-refractivity contribution in [3.05, 3.63) is 28.7 Å². The zero-order valence-corrected chi connectivity index (χ0v) is 12.8. The second-order valence-corrected chi connectivity index (χ2v) is 8.06. The van der Waals surface area contributed by atoms with Gasteiger partial charge in [-0.3, -0.25) is 0 Å². The van der Waals surface area contributed by atoms with Crippen LogP contribution in [0.15, 0.2) is 33.6 Å². The van der Waals surface area contributed by atoms with Crippen LogP contribution in [0.1, 0.15) is 25.7 Å². The first-order chi connectivity index (χ1) is 8.98. The van der Waals surface area contributed by atoms with Gasteiger partial charge >= 0.3 is 0 Å². The summed E-state index contributed by atoms with van der Waals surface area (Å²) in [6.07, 6.45) is 2.48. The third-order valence-electron chi connectivity index (χ3n) is 4.01. The van der Waals surface area contributed by atoms with Gasteiger partial charge in [0.05, 0.1) is 11.0 Å². The van der Waals surface area contributed by atoms with Crippen LogP contribution in [0.5, 0.6) is 0 Å². The van der Waals surface area contributed by atoms with Gasteiger partial charge in [-0.1, -0.05) is 22.0 Å². The molecule has 2 heterocycles. The van der Waals surface area contributed by atoms with E-state index in [1.54, 1.807) is 22.5 Å². The summed E-state index contributed by atoms with van der Waals surface area (Å²) in [5.41, 5.74) is 0. The minimum atomic E-state index is -3.45. The average molecular weight is 346 g/mol. The van der Waals surface area contributed by atoms with Crippen LogP contribution >= 0.6 is 15.9 Å². The van der Waals surface area contributed by atoms with Crippen molar-refractivity contribution in [1.29, 1.82) is 0 Å². The molecule has 2 saturated heterocycles. The third kappa shape index (κ3) is 2.35. The van der Waals surface area contributed by atoms with Crippen molar-refractivity contribution in [3.8, 4) is 0 Å². The maximum atomic E-state index is 12.7.